The fraction of sp³-hybridized carbons (Fsp3) is 0.600. The van der Waals surface area contributed by atoms with Gasteiger partial charge >= 0.3 is 0 Å². The Morgan fingerprint density at radius 2 is 1.88 bits per heavy atom. The number of fused-ring (bicyclic) bond motifs is 2. The number of nitrogens with zero attached hydrogens (tertiary/aromatic N) is 4. The zero-order valence-electron chi connectivity index (χ0n) is 18.9. The summed E-state index contributed by atoms with van der Waals surface area (Å²) in [5.41, 5.74) is 7.73. The normalized spacial score (nSPS) is 28.1. The first-order chi connectivity index (χ1) is 15.4. The number of aliphatic imine (C=N–C) groups is 2. The van der Waals surface area contributed by atoms with Gasteiger partial charge in [0, 0.05) is 55.1 Å². The molecule has 0 saturated carbocycles. The van der Waals surface area contributed by atoms with Crippen LogP contribution in [-0.4, -0.2) is 72.4 Å². The van der Waals surface area contributed by atoms with Gasteiger partial charge < -0.3 is 15.5 Å². The minimum atomic E-state index is -0.0576. The molecule has 1 aliphatic carbocycles. The second kappa shape index (κ2) is 8.43. The number of hydrogen-bond acceptors (Lipinski definition) is 6. The molecule has 0 aromatic heterocycles. The van der Waals surface area contributed by atoms with E-state index in [4.69, 9.17) is 5.73 Å². The Morgan fingerprint density at radius 3 is 2.59 bits per heavy atom. The SMILES string of the molecule is CC1N=C(N)N=CC1CN1CCC(C(=O)N2CCC3(CC2)CC(=O)c2ccccc23)CC1. The molecular weight excluding hydrogens is 402 g/mol. The van der Waals surface area contributed by atoms with E-state index in [2.05, 4.69) is 32.8 Å². The molecule has 2 atom stereocenters. The highest BCUT2D eigenvalue weighted by Gasteiger charge is 2.46. The van der Waals surface area contributed by atoms with Crippen LogP contribution in [0.3, 0.4) is 0 Å². The molecule has 1 aromatic rings. The zero-order valence-corrected chi connectivity index (χ0v) is 18.9. The van der Waals surface area contributed by atoms with Crippen LogP contribution < -0.4 is 5.73 Å². The smallest absolute Gasteiger partial charge is 0.225 e. The van der Waals surface area contributed by atoms with Crippen molar-refractivity contribution in [1.82, 2.24) is 9.80 Å². The van der Waals surface area contributed by atoms with Gasteiger partial charge in [-0.3, -0.25) is 9.59 Å². The monoisotopic (exact) mass is 435 g/mol. The Kier molecular flexibility index (Phi) is 5.61. The highest BCUT2D eigenvalue weighted by molar-refractivity contribution is 6.02. The predicted molar refractivity (Wildman–Crippen MR) is 125 cm³/mol. The van der Waals surface area contributed by atoms with Crippen LogP contribution >= 0.6 is 0 Å². The second-order valence-electron chi connectivity index (χ2n) is 10.00. The molecule has 7 heteroatoms. The van der Waals surface area contributed by atoms with E-state index in [0.29, 0.717) is 18.3 Å². The third-order valence-corrected chi connectivity index (χ3v) is 8.09. The lowest BCUT2D eigenvalue weighted by Gasteiger charge is -2.42. The van der Waals surface area contributed by atoms with E-state index in [9.17, 15) is 9.59 Å². The van der Waals surface area contributed by atoms with Crippen molar-refractivity contribution in [1.29, 1.82) is 0 Å². The molecule has 0 bridgehead atoms. The molecule has 0 radical (unpaired) electrons. The van der Waals surface area contributed by atoms with Crippen LogP contribution in [0.5, 0.6) is 0 Å². The number of nitrogens with two attached hydrogens (primary N) is 1. The molecule has 4 aliphatic rings. The number of amides is 1. The number of ketones is 1. The van der Waals surface area contributed by atoms with Crippen molar-refractivity contribution in [2.45, 2.75) is 50.5 Å². The molecule has 1 aromatic carbocycles. The summed E-state index contributed by atoms with van der Waals surface area (Å²) in [5, 5.41) is 0. The van der Waals surface area contributed by atoms with Crippen LogP contribution in [-0.2, 0) is 10.2 Å². The van der Waals surface area contributed by atoms with Crippen LogP contribution in [0.2, 0.25) is 0 Å². The number of hydrogen-bond donors (Lipinski definition) is 1. The molecule has 2 unspecified atom stereocenters. The fourth-order valence-electron chi connectivity index (χ4n) is 6.04. The zero-order chi connectivity index (χ0) is 22.3. The van der Waals surface area contributed by atoms with Crippen LogP contribution in [0.4, 0.5) is 0 Å². The lowest BCUT2D eigenvalue weighted by molar-refractivity contribution is -0.138. The van der Waals surface area contributed by atoms with Crippen molar-refractivity contribution < 1.29 is 9.59 Å². The average molecular weight is 436 g/mol. The van der Waals surface area contributed by atoms with Gasteiger partial charge in [-0.15, -0.1) is 0 Å². The molecule has 7 nitrogen and oxygen atoms in total. The van der Waals surface area contributed by atoms with Crippen LogP contribution in [0.15, 0.2) is 34.3 Å². The minimum Gasteiger partial charge on any atom is -0.368 e. The van der Waals surface area contributed by atoms with Crippen molar-refractivity contribution in [2.24, 2.45) is 27.6 Å². The highest BCUT2D eigenvalue weighted by Crippen LogP contribution is 2.46. The van der Waals surface area contributed by atoms with Crippen molar-refractivity contribution in [3.05, 3.63) is 35.4 Å². The van der Waals surface area contributed by atoms with Gasteiger partial charge in [0.15, 0.2) is 5.78 Å². The van der Waals surface area contributed by atoms with Gasteiger partial charge in [0.25, 0.3) is 0 Å². The van der Waals surface area contributed by atoms with E-state index in [1.807, 2.05) is 24.4 Å². The summed E-state index contributed by atoms with van der Waals surface area (Å²) in [7, 11) is 0. The van der Waals surface area contributed by atoms with E-state index in [-0.39, 0.29) is 29.1 Å². The molecule has 1 amide bonds. The third kappa shape index (κ3) is 3.87. The van der Waals surface area contributed by atoms with Crippen LogP contribution in [0, 0.1) is 11.8 Å². The van der Waals surface area contributed by atoms with Crippen LogP contribution in [0.25, 0.3) is 0 Å². The number of piperidine rings is 2. The number of carbonyl (C=O) groups is 2. The van der Waals surface area contributed by atoms with E-state index in [1.165, 1.54) is 5.56 Å². The van der Waals surface area contributed by atoms with Gasteiger partial charge in [-0.1, -0.05) is 24.3 Å². The number of Topliss-reactive ketones (excluding diaryl/α,β-unsaturated/α-hetero) is 1. The Balaban J connectivity index is 1.13. The lowest BCUT2D eigenvalue weighted by atomic mass is 9.73. The second-order valence-corrected chi connectivity index (χ2v) is 10.00. The van der Waals surface area contributed by atoms with Gasteiger partial charge in [0.1, 0.15) is 0 Å². The minimum absolute atomic E-state index is 0.0576. The molecular formula is C25H33N5O2. The van der Waals surface area contributed by atoms with E-state index in [1.54, 1.807) is 0 Å². The Hall–Kier alpha value is -2.54. The number of likely N-dealkylation sites (tertiary alicyclic amines) is 2. The molecule has 3 aliphatic heterocycles. The highest BCUT2D eigenvalue weighted by atomic mass is 16.2. The van der Waals surface area contributed by atoms with Gasteiger partial charge in [0.05, 0.1) is 6.04 Å². The first-order valence-electron chi connectivity index (χ1n) is 12.0. The van der Waals surface area contributed by atoms with Crippen LogP contribution in [0.1, 0.15) is 54.9 Å². The first kappa shape index (κ1) is 21.3. The fourth-order valence-corrected chi connectivity index (χ4v) is 6.04. The lowest BCUT2D eigenvalue weighted by Crippen LogP contribution is -2.49. The van der Waals surface area contributed by atoms with E-state index in [0.717, 1.165) is 64.0 Å². The number of rotatable bonds is 3. The summed E-state index contributed by atoms with van der Waals surface area (Å²) in [6.45, 7) is 6.39. The molecule has 2 N–H and O–H groups in total. The van der Waals surface area contributed by atoms with Gasteiger partial charge in [0.2, 0.25) is 11.9 Å². The largest absolute Gasteiger partial charge is 0.368 e. The maximum Gasteiger partial charge on any atom is 0.225 e. The summed E-state index contributed by atoms with van der Waals surface area (Å²) in [6, 6.07) is 8.21. The Bertz CT molecular complexity index is 955. The topological polar surface area (TPSA) is 91.4 Å². The van der Waals surface area contributed by atoms with E-state index < -0.39 is 0 Å². The summed E-state index contributed by atoms with van der Waals surface area (Å²) in [5.74, 6) is 1.33. The number of benzene rings is 1. The third-order valence-electron chi connectivity index (χ3n) is 8.09. The first-order valence-corrected chi connectivity index (χ1v) is 12.0. The Labute approximate surface area is 189 Å². The average Bonchev–Trinajstić information content (AvgIpc) is 3.08. The quantitative estimate of drug-likeness (QED) is 0.788. The Morgan fingerprint density at radius 1 is 1.16 bits per heavy atom. The molecule has 2 fully saturated rings. The summed E-state index contributed by atoms with van der Waals surface area (Å²) in [4.78, 5) is 38.8. The molecule has 1 spiro atoms. The molecule has 2 saturated heterocycles. The summed E-state index contributed by atoms with van der Waals surface area (Å²) < 4.78 is 0. The number of carbonyl (C=O) groups excluding carboxylic acids is 2. The van der Waals surface area contributed by atoms with Crippen molar-refractivity contribution >= 4 is 23.9 Å². The van der Waals surface area contributed by atoms with Gasteiger partial charge in [-0.05, 0) is 51.3 Å². The summed E-state index contributed by atoms with van der Waals surface area (Å²) >= 11 is 0. The van der Waals surface area contributed by atoms with Gasteiger partial charge in [-0.2, -0.15) is 0 Å². The van der Waals surface area contributed by atoms with Crippen molar-refractivity contribution in [3.63, 3.8) is 0 Å². The maximum atomic E-state index is 13.2. The maximum absolute atomic E-state index is 13.2. The molecule has 3 heterocycles. The van der Waals surface area contributed by atoms with Crippen molar-refractivity contribution in [2.75, 3.05) is 32.7 Å². The van der Waals surface area contributed by atoms with Crippen molar-refractivity contribution in [3.8, 4) is 0 Å². The molecule has 32 heavy (non-hydrogen) atoms. The summed E-state index contributed by atoms with van der Waals surface area (Å²) in [6.07, 6.45) is 6.13. The number of guanidine groups is 1. The van der Waals surface area contributed by atoms with Gasteiger partial charge in [-0.25, -0.2) is 9.98 Å². The molecule has 5 rings (SSSR count). The van der Waals surface area contributed by atoms with E-state index >= 15 is 0 Å². The predicted octanol–water partition coefficient (Wildman–Crippen LogP) is 2.25. The standard InChI is InChI=1S/C25H33N5O2/c1-17-19(15-27-24(26)28-17)16-29-10-6-18(7-11-29)23(32)30-12-8-25(9-13-30)14-22(31)20-4-2-3-5-21(20)25/h2-5,15,17-19H,6-14,16H2,1H3,(H2,26,28). The molecule has 170 valence electrons.